The molecule has 1 heterocycles. The molecule has 8 heteroatoms. The van der Waals surface area contributed by atoms with E-state index in [1.807, 2.05) is 24.3 Å². The largest absolute Gasteiger partial charge is 0.301 e. The molecule has 3 rings (SSSR count). The fourth-order valence-electron chi connectivity index (χ4n) is 5.03. The van der Waals surface area contributed by atoms with Crippen molar-refractivity contribution in [2.45, 2.75) is 65.7 Å². The van der Waals surface area contributed by atoms with E-state index in [0.29, 0.717) is 48.9 Å². The summed E-state index contributed by atoms with van der Waals surface area (Å²) in [6.07, 6.45) is 0.962. The zero-order chi connectivity index (χ0) is 27.5. The molecule has 37 heavy (non-hydrogen) atoms. The van der Waals surface area contributed by atoms with E-state index < -0.39 is 21.8 Å². The summed E-state index contributed by atoms with van der Waals surface area (Å²) >= 11 is 0. The fraction of sp³-hybridized carbons (Fsp3) is 0.517. The van der Waals surface area contributed by atoms with Gasteiger partial charge in [0.2, 0.25) is 21.8 Å². The highest BCUT2D eigenvalue weighted by Crippen LogP contribution is 2.32. The summed E-state index contributed by atoms with van der Waals surface area (Å²) in [6.45, 7) is 16.3. The van der Waals surface area contributed by atoms with Crippen LogP contribution >= 0.6 is 0 Å². The molecular formula is C29H41N3O4S. The third-order valence-electron chi connectivity index (χ3n) is 7.13. The maximum absolute atomic E-state index is 13.6. The molecule has 1 saturated heterocycles. The topological polar surface area (TPSA) is 78.0 Å². The molecule has 7 nitrogen and oxygen atoms in total. The van der Waals surface area contributed by atoms with Crippen LogP contribution in [0.4, 0.5) is 5.69 Å². The first-order chi connectivity index (χ1) is 17.4. The van der Waals surface area contributed by atoms with E-state index in [4.69, 9.17) is 0 Å². The molecule has 1 atom stereocenters. The molecular weight excluding hydrogens is 486 g/mol. The van der Waals surface area contributed by atoms with E-state index in [1.165, 1.54) is 21.7 Å². The minimum atomic E-state index is -3.68. The minimum absolute atomic E-state index is 0.195. The van der Waals surface area contributed by atoms with Crippen molar-refractivity contribution in [3.05, 3.63) is 58.7 Å². The number of likely N-dealkylation sites (N-methyl/N-ethyl adjacent to an activating group) is 1. The standard InChI is InChI=1S/C29H41N3O4S/c1-8-30-13-15-31(16-14-30)37(35,36)27-18-21(4)28(22(5)19-27)32(24(7)33)29(34)23(6)26-11-9-25(10-12-26)17-20(2)3/h9-12,18-20,23H,8,13-17H2,1-7H3. The van der Waals surface area contributed by atoms with Crippen LogP contribution in [0.1, 0.15) is 62.8 Å². The van der Waals surface area contributed by atoms with Crippen molar-refractivity contribution in [3.8, 4) is 0 Å². The summed E-state index contributed by atoms with van der Waals surface area (Å²) in [5.41, 5.74) is 3.66. The van der Waals surface area contributed by atoms with Crippen molar-refractivity contribution < 1.29 is 18.0 Å². The van der Waals surface area contributed by atoms with Gasteiger partial charge in [-0.05, 0) is 74.0 Å². The Hall–Kier alpha value is -2.55. The van der Waals surface area contributed by atoms with Gasteiger partial charge in [0, 0.05) is 33.1 Å². The lowest BCUT2D eigenvalue weighted by molar-refractivity contribution is -0.126. The van der Waals surface area contributed by atoms with Gasteiger partial charge in [0.25, 0.3) is 0 Å². The molecule has 1 unspecified atom stereocenters. The Bertz CT molecular complexity index is 1210. The smallest absolute Gasteiger partial charge is 0.243 e. The van der Waals surface area contributed by atoms with Crippen LogP contribution in [0.25, 0.3) is 0 Å². The van der Waals surface area contributed by atoms with Gasteiger partial charge in [-0.1, -0.05) is 45.0 Å². The lowest BCUT2D eigenvalue weighted by atomic mass is 9.95. The Kier molecular flexibility index (Phi) is 9.32. The monoisotopic (exact) mass is 527 g/mol. The molecule has 1 aliphatic rings. The van der Waals surface area contributed by atoms with Crippen LogP contribution in [0.3, 0.4) is 0 Å². The maximum atomic E-state index is 13.6. The van der Waals surface area contributed by atoms with Gasteiger partial charge in [-0.3, -0.25) is 9.59 Å². The van der Waals surface area contributed by atoms with E-state index in [2.05, 4.69) is 25.7 Å². The maximum Gasteiger partial charge on any atom is 0.243 e. The zero-order valence-electron chi connectivity index (χ0n) is 23.2. The van der Waals surface area contributed by atoms with Crippen molar-refractivity contribution in [3.63, 3.8) is 0 Å². The molecule has 2 aromatic carbocycles. The van der Waals surface area contributed by atoms with Gasteiger partial charge < -0.3 is 4.90 Å². The summed E-state index contributed by atoms with van der Waals surface area (Å²) in [5.74, 6) is -0.724. The first-order valence-electron chi connectivity index (χ1n) is 13.1. The third kappa shape index (κ3) is 6.48. The van der Waals surface area contributed by atoms with E-state index in [9.17, 15) is 18.0 Å². The highest BCUT2D eigenvalue weighted by Gasteiger charge is 2.32. The van der Waals surface area contributed by atoms with E-state index in [0.717, 1.165) is 18.5 Å². The molecule has 1 aliphatic heterocycles. The van der Waals surface area contributed by atoms with E-state index in [-0.39, 0.29) is 10.8 Å². The number of nitrogens with zero attached hydrogens (tertiary/aromatic N) is 3. The van der Waals surface area contributed by atoms with Gasteiger partial charge in [0.05, 0.1) is 16.5 Å². The lowest BCUT2D eigenvalue weighted by Gasteiger charge is -2.33. The number of anilines is 1. The first-order valence-corrected chi connectivity index (χ1v) is 14.6. The summed E-state index contributed by atoms with van der Waals surface area (Å²) < 4.78 is 28.3. The van der Waals surface area contributed by atoms with Gasteiger partial charge in [-0.15, -0.1) is 0 Å². The van der Waals surface area contributed by atoms with Crippen LogP contribution < -0.4 is 4.90 Å². The fourth-order valence-corrected chi connectivity index (χ4v) is 6.62. The van der Waals surface area contributed by atoms with Gasteiger partial charge in [-0.2, -0.15) is 4.31 Å². The van der Waals surface area contributed by atoms with Crippen molar-refractivity contribution in [2.24, 2.45) is 5.92 Å². The number of sulfonamides is 1. The number of piperazine rings is 1. The summed E-state index contributed by atoms with van der Waals surface area (Å²) in [6, 6.07) is 11.1. The second-order valence-electron chi connectivity index (χ2n) is 10.5. The van der Waals surface area contributed by atoms with Gasteiger partial charge in [0.1, 0.15) is 0 Å². The number of carbonyl (C=O) groups is 2. The quantitative estimate of drug-likeness (QED) is 0.505. The predicted octanol–water partition coefficient (Wildman–Crippen LogP) is 4.51. The molecule has 0 radical (unpaired) electrons. The average molecular weight is 528 g/mol. The predicted molar refractivity (Wildman–Crippen MR) is 148 cm³/mol. The molecule has 0 aliphatic carbocycles. The first kappa shape index (κ1) is 29.0. The number of hydrogen-bond acceptors (Lipinski definition) is 5. The Morgan fingerprint density at radius 1 is 0.946 bits per heavy atom. The number of aryl methyl sites for hydroxylation is 2. The van der Waals surface area contributed by atoms with Crippen LogP contribution in [0.15, 0.2) is 41.3 Å². The molecule has 2 amide bonds. The number of carbonyl (C=O) groups excluding carboxylic acids is 2. The highest BCUT2D eigenvalue weighted by atomic mass is 32.2. The van der Waals surface area contributed by atoms with Crippen LogP contribution in [0, 0.1) is 19.8 Å². The van der Waals surface area contributed by atoms with Crippen LogP contribution in [-0.2, 0) is 26.0 Å². The zero-order valence-corrected chi connectivity index (χ0v) is 24.1. The summed E-state index contributed by atoms with van der Waals surface area (Å²) in [7, 11) is -3.68. The SMILES string of the molecule is CCN1CCN(S(=O)(=O)c2cc(C)c(N(C(C)=O)C(=O)C(C)c3ccc(CC(C)C)cc3)c(C)c2)CC1. The average Bonchev–Trinajstić information content (AvgIpc) is 2.85. The molecule has 0 saturated carbocycles. The summed E-state index contributed by atoms with van der Waals surface area (Å²) in [5, 5.41) is 0. The number of amides is 2. The van der Waals surface area contributed by atoms with E-state index in [1.54, 1.807) is 32.9 Å². The molecule has 0 bridgehead atoms. The highest BCUT2D eigenvalue weighted by molar-refractivity contribution is 7.89. The molecule has 0 N–H and O–H groups in total. The Morgan fingerprint density at radius 2 is 1.49 bits per heavy atom. The number of benzene rings is 2. The molecule has 0 aromatic heterocycles. The van der Waals surface area contributed by atoms with Crippen LogP contribution in [0.5, 0.6) is 0 Å². The molecule has 1 fully saturated rings. The number of rotatable bonds is 8. The van der Waals surface area contributed by atoms with E-state index >= 15 is 0 Å². The van der Waals surface area contributed by atoms with Crippen molar-refractivity contribution in [1.82, 2.24) is 9.21 Å². The van der Waals surface area contributed by atoms with Crippen molar-refractivity contribution in [2.75, 3.05) is 37.6 Å². The number of imide groups is 1. The van der Waals surface area contributed by atoms with Gasteiger partial charge in [-0.25, -0.2) is 13.3 Å². The molecule has 0 spiro atoms. The van der Waals surface area contributed by atoms with Crippen LogP contribution in [0.2, 0.25) is 0 Å². The second kappa shape index (κ2) is 11.9. The Balaban J connectivity index is 1.90. The number of hydrogen-bond donors (Lipinski definition) is 0. The second-order valence-corrected chi connectivity index (χ2v) is 12.4. The van der Waals surface area contributed by atoms with Gasteiger partial charge in [0.15, 0.2) is 0 Å². The molecule has 202 valence electrons. The normalized spacial score (nSPS) is 16.1. The Morgan fingerprint density at radius 3 is 1.95 bits per heavy atom. The minimum Gasteiger partial charge on any atom is -0.301 e. The van der Waals surface area contributed by atoms with Crippen LogP contribution in [-0.4, -0.2) is 62.2 Å². The van der Waals surface area contributed by atoms with Gasteiger partial charge >= 0.3 is 0 Å². The molecule has 2 aromatic rings. The summed E-state index contributed by atoms with van der Waals surface area (Å²) in [4.78, 5) is 30.0. The third-order valence-corrected chi connectivity index (χ3v) is 9.01. The Labute approximate surface area is 222 Å². The van der Waals surface area contributed by atoms with Crippen molar-refractivity contribution in [1.29, 1.82) is 0 Å². The van der Waals surface area contributed by atoms with Crippen molar-refractivity contribution >= 4 is 27.5 Å². The lowest BCUT2D eigenvalue weighted by Crippen LogP contribution is -2.48.